The van der Waals surface area contributed by atoms with E-state index in [4.69, 9.17) is 28.4 Å². The molecule has 0 fully saturated rings. The van der Waals surface area contributed by atoms with E-state index in [1.54, 1.807) is 28.4 Å². The minimum atomic E-state index is -0.140. The van der Waals surface area contributed by atoms with Gasteiger partial charge in [-0.25, -0.2) is 0 Å². The molecule has 1 aliphatic heterocycles. The van der Waals surface area contributed by atoms with E-state index in [2.05, 4.69) is 45.2 Å². The Morgan fingerprint density at radius 1 is 0.679 bits per heavy atom. The zero-order valence-corrected chi connectivity index (χ0v) is 20.4. The Bertz CT molecular complexity index is 772. The maximum Gasteiger partial charge on any atom is 0.145 e. The summed E-state index contributed by atoms with van der Waals surface area (Å²) in [5.41, 5.74) is 1.53. The van der Waals surface area contributed by atoms with Gasteiger partial charge in [0.05, 0.1) is 39.6 Å². The summed E-state index contributed by atoms with van der Waals surface area (Å²) in [6.45, 7) is 0. The monoisotopic (exact) mass is 612 g/mol. The van der Waals surface area contributed by atoms with Gasteiger partial charge >= 0.3 is 0 Å². The highest BCUT2D eigenvalue weighted by molar-refractivity contribution is 14.1. The van der Waals surface area contributed by atoms with Crippen molar-refractivity contribution in [1.82, 2.24) is 0 Å². The number of ether oxygens (including phenoxy) is 6. The van der Waals surface area contributed by atoms with Crippen LogP contribution in [-0.2, 0) is 0 Å². The molecule has 1 aliphatic rings. The Balaban J connectivity index is 2.36. The Kier molecular flexibility index (Phi) is 7.24. The maximum absolute atomic E-state index is 6.40. The molecule has 0 aromatic heterocycles. The SMILES string of the molecule is COc1cc(OC)c2c(c1)O[C@@H](CI)[C@H](CI)Oc1cc(OC)cc(OC)c1-2. The van der Waals surface area contributed by atoms with Crippen LogP contribution < -0.4 is 28.4 Å². The van der Waals surface area contributed by atoms with Gasteiger partial charge in [0.25, 0.3) is 0 Å². The highest BCUT2D eigenvalue weighted by Gasteiger charge is 2.33. The van der Waals surface area contributed by atoms with Gasteiger partial charge < -0.3 is 28.4 Å². The summed E-state index contributed by atoms with van der Waals surface area (Å²) >= 11 is 4.63. The smallest absolute Gasteiger partial charge is 0.145 e. The number of hydrogen-bond donors (Lipinski definition) is 0. The second-order valence-corrected chi connectivity index (χ2v) is 7.79. The molecule has 2 atom stereocenters. The van der Waals surface area contributed by atoms with E-state index in [1.165, 1.54) is 0 Å². The predicted molar refractivity (Wildman–Crippen MR) is 125 cm³/mol. The zero-order valence-electron chi connectivity index (χ0n) is 16.1. The van der Waals surface area contributed by atoms with Crippen molar-refractivity contribution in [3.63, 3.8) is 0 Å². The molecule has 0 spiro atoms. The minimum Gasteiger partial charge on any atom is -0.496 e. The molecule has 0 bridgehead atoms. The van der Waals surface area contributed by atoms with Gasteiger partial charge in [0.2, 0.25) is 0 Å². The maximum atomic E-state index is 6.40. The van der Waals surface area contributed by atoms with E-state index >= 15 is 0 Å². The first-order valence-electron chi connectivity index (χ1n) is 8.57. The molecule has 152 valence electrons. The molecule has 0 saturated heterocycles. The van der Waals surface area contributed by atoms with Crippen LogP contribution in [0.4, 0.5) is 0 Å². The third-order valence-corrected chi connectivity index (χ3v) is 6.25. The summed E-state index contributed by atoms with van der Waals surface area (Å²) in [5, 5.41) is 0. The van der Waals surface area contributed by atoms with E-state index in [-0.39, 0.29) is 12.2 Å². The van der Waals surface area contributed by atoms with Crippen LogP contribution in [0, 0.1) is 0 Å². The molecule has 0 unspecified atom stereocenters. The fourth-order valence-corrected chi connectivity index (χ4v) is 4.60. The van der Waals surface area contributed by atoms with E-state index in [0.717, 1.165) is 20.0 Å². The summed E-state index contributed by atoms with van der Waals surface area (Å²) in [6, 6.07) is 7.40. The van der Waals surface area contributed by atoms with Gasteiger partial charge in [-0.15, -0.1) is 0 Å². The first-order chi connectivity index (χ1) is 13.6. The van der Waals surface area contributed by atoms with Crippen molar-refractivity contribution in [3.8, 4) is 45.6 Å². The number of rotatable bonds is 6. The topological polar surface area (TPSA) is 55.4 Å². The predicted octanol–water partition coefficient (Wildman–Crippen LogP) is 4.77. The van der Waals surface area contributed by atoms with E-state index in [1.807, 2.05) is 24.3 Å². The summed E-state index contributed by atoms with van der Waals surface area (Å²) < 4.78 is 36.6. The Morgan fingerprint density at radius 3 is 1.36 bits per heavy atom. The van der Waals surface area contributed by atoms with Crippen LogP contribution in [0.3, 0.4) is 0 Å². The van der Waals surface area contributed by atoms with Gasteiger partial charge in [0.15, 0.2) is 0 Å². The molecule has 0 aliphatic carbocycles. The molecule has 0 radical (unpaired) electrons. The molecule has 28 heavy (non-hydrogen) atoms. The number of alkyl halides is 2. The number of fused-ring (bicyclic) bond motifs is 3. The van der Waals surface area contributed by atoms with E-state index in [9.17, 15) is 0 Å². The lowest BCUT2D eigenvalue weighted by molar-refractivity contribution is 0.0849. The van der Waals surface area contributed by atoms with Gasteiger partial charge in [-0.1, -0.05) is 45.2 Å². The van der Waals surface area contributed by atoms with Gasteiger partial charge in [0.1, 0.15) is 46.7 Å². The molecule has 3 rings (SSSR count). The van der Waals surface area contributed by atoms with Crippen molar-refractivity contribution in [1.29, 1.82) is 0 Å². The van der Waals surface area contributed by atoms with Crippen molar-refractivity contribution >= 4 is 45.2 Å². The fourth-order valence-electron chi connectivity index (χ4n) is 3.11. The summed E-state index contributed by atoms with van der Waals surface area (Å²) in [5.74, 6) is 3.88. The van der Waals surface area contributed by atoms with E-state index in [0.29, 0.717) is 34.5 Å². The van der Waals surface area contributed by atoms with Crippen molar-refractivity contribution in [3.05, 3.63) is 24.3 Å². The van der Waals surface area contributed by atoms with Crippen LogP contribution in [-0.4, -0.2) is 49.5 Å². The van der Waals surface area contributed by atoms with Crippen molar-refractivity contribution in [2.24, 2.45) is 0 Å². The van der Waals surface area contributed by atoms with Gasteiger partial charge in [-0.3, -0.25) is 0 Å². The van der Waals surface area contributed by atoms with E-state index < -0.39 is 0 Å². The first-order valence-corrected chi connectivity index (χ1v) is 11.6. The highest BCUT2D eigenvalue weighted by Crippen LogP contribution is 2.52. The summed E-state index contributed by atoms with van der Waals surface area (Å²) in [4.78, 5) is 0. The van der Waals surface area contributed by atoms with Crippen LogP contribution in [0.5, 0.6) is 34.5 Å². The first kappa shape index (κ1) is 21.4. The second kappa shape index (κ2) is 9.47. The second-order valence-electron chi connectivity index (χ2n) is 6.03. The highest BCUT2D eigenvalue weighted by atomic mass is 127. The van der Waals surface area contributed by atoms with Gasteiger partial charge in [-0.2, -0.15) is 0 Å². The van der Waals surface area contributed by atoms with Crippen LogP contribution >= 0.6 is 45.2 Å². The average molecular weight is 612 g/mol. The van der Waals surface area contributed by atoms with Crippen molar-refractivity contribution in [2.45, 2.75) is 12.2 Å². The quantitative estimate of drug-likeness (QED) is 0.347. The number of hydrogen-bond acceptors (Lipinski definition) is 6. The molecule has 0 amide bonds. The largest absolute Gasteiger partial charge is 0.496 e. The van der Waals surface area contributed by atoms with Crippen LogP contribution in [0.1, 0.15) is 0 Å². The zero-order chi connectivity index (χ0) is 20.3. The lowest BCUT2D eigenvalue weighted by Gasteiger charge is -2.32. The Morgan fingerprint density at radius 2 is 1.07 bits per heavy atom. The Hall–Kier alpha value is -1.30. The van der Waals surface area contributed by atoms with Crippen LogP contribution in [0.2, 0.25) is 0 Å². The molecule has 0 saturated carbocycles. The standard InChI is InChI=1S/C20H22I2O6/c1-23-11-5-13(25-3)19-15(7-11)27-17(9-21)18(10-22)28-16-8-12(24-2)6-14(26-4)20(16)19/h5-8,17-18H,9-10H2,1-4H3/t17-,18-/m0/s1. The van der Waals surface area contributed by atoms with Crippen molar-refractivity contribution in [2.75, 3.05) is 37.3 Å². The third-order valence-electron chi connectivity index (χ3n) is 4.52. The van der Waals surface area contributed by atoms with Crippen LogP contribution in [0.25, 0.3) is 11.1 Å². The van der Waals surface area contributed by atoms with Gasteiger partial charge in [0, 0.05) is 33.1 Å². The molecule has 6 nitrogen and oxygen atoms in total. The third kappa shape index (κ3) is 4.03. The molecule has 0 N–H and O–H groups in total. The summed E-state index contributed by atoms with van der Waals surface area (Å²) in [6.07, 6.45) is -0.281. The number of halogens is 2. The lowest BCUT2D eigenvalue weighted by Crippen LogP contribution is -2.40. The number of benzene rings is 2. The molecular weight excluding hydrogens is 590 g/mol. The average Bonchev–Trinajstić information content (AvgIpc) is 2.73. The Labute approximate surface area is 192 Å². The van der Waals surface area contributed by atoms with Crippen molar-refractivity contribution < 1.29 is 28.4 Å². The lowest BCUT2D eigenvalue weighted by atomic mass is 9.99. The minimum absolute atomic E-state index is 0.140. The normalized spacial score (nSPS) is 17.8. The molecule has 2 aromatic carbocycles. The molecule has 1 heterocycles. The molecule has 2 aromatic rings. The fraction of sp³-hybridized carbons (Fsp3) is 0.400. The number of methoxy groups -OCH3 is 4. The molecule has 8 heteroatoms. The summed E-state index contributed by atoms with van der Waals surface area (Å²) in [7, 11) is 6.48. The van der Waals surface area contributed by atoms with Crippen LogP contribution in [0.15, 0.2) is 24.3 Å². The molecular formula is C20H22I2O6. The van der Waals surface area contributed by atoms with Gasteiger partial charge in [-0.05, 0) is 0 Å².